The highest BCUT2D eigenvalue weighted by Crippen LogP contribution is 2.26. The highest BCUT2D eigenvalue weighted by Gasteiger charge is 2.19. The molecule has 4 aromatic rings. The number of carbonyl (C=O) groups is 1. The van der Waals surface area contributed by atoms with Gasteiger partial charge in [-0.1, -0.05) is 66.2 Å². The third-order valence-electron chi connectivity index (χ3n) is 5.73. The molecular weight excluding hydrogens is 418 g/mol. The van der Waals surface area contributed by atoms with E-state index in [1.165, 1.54) is 11.1 Å². The number of amides is 1. The molecule has 2 heterocycles. The summed E-state index contributed by atoms with van der Waals surface area (Å²) in [5.74, 6) is 0.00835. The molecule has 0 radical (unpaired) electrons. The molecule has 0 fully saturated rings. The third kappa shape index (κ3) is 4.23. The minimum absolute atomic E-state index is 0.00835. The van der Waals surface area contributed by atoms with Crippen LogP contribution >= 0.6 is 11.6 Å². The summed E-state index contributed by atoms with van der Waals surface area (Å²) in [6.07, 6.45) is 6.35. The van der Waals surface area contributed by atoms with Crippen molar-refractivity contribution in [3.8, 4) is 16.9 Å². The molecule has 1 amide bonds. The van der Waals surface area contributed by atoms with Crippen molar-refractivity contribution in [2.24, 2.45) is 0 Å². The Labute approximate surface area is 192 Å². The Morgan fingerprint density at radius 2 is 1.62 bits per heavy atom. The van der Waals surface area contributed by atoms with Gasteiger partial charge in [0.15, 0.2) is 0 Å². The van der Waals surface area contributed by atoms with Gasteiger partial charge in [0.1, 0.15) is 0 Å². The maximum Gasteiger partial charge on any atom is 0.246 e. The van der Waals surface area contributed by atoms with E-state index in [2.05, 4.69) is 18.2 Å². The van der Waals surface area contributed by atoms with Gasteiger partial charge in [0.05, 0.1) is 11.4 Å². The zero-order valence-corrected chi connectivity index (χ0v) is 18.2. The summed E-state index contributed by atoms with van der Waals surface area (Å²) in [7, 11) is 0. The molecule has 0 saturated carbocycles. The largest absolute Gasteiger partial charge is 0.334 e. The highest BCUT2D eigenvalue weighted by atomic mass is 35.5. The molecule has 0 spiro atoms. The molecule has 5 heteroatoms. The first-order valence-electron chi connectivity index (χ1n) is 10.6. The molecule has 0 saturated heterocycles. The Balaban J connectivity index is 1.44. The van der Waals surface area contributed by atoms with Crippen LogP contribution in [0.3, 0.4) is 0 Å². The van der Waals surface area contributed by atoms with Gasteiger partial charge < -0.3 is 4.90 Å². The molecule has 0 N–H and O–H groups in total. The molecule has 0 unspecified atom stereocenters. The first-order chi connectivity index (χ1) is 15.7. The molecule has 0 aliphatic carbocycles. The monoisotopic (exact) mass is 439 g/mol. The van der Waals surface area contributed by atoms with Gasteiger partial charge in [-0.2, -0.15) is 5.10 Å². The van der Waals surface area contributed by atoms with E-state index in [1.807, 2.05) is 82.5 Å². The van der Waals surface area contributed by atoms with Gasteiger partial charge in [0, 0.05) is 41.5 Å². The standard InChI is InChI=1S/C27H22ClN3O/c28-24-13-10-21(11-14-24)27-23(19-31(29-27)25-8-2-1-3-9-25)12-15-26(32)30-17-16-20-6-4-5-7-22(20)18-30/h1-15,19H,16-18H2/b15-12+. The number of carbonyl (C=O) groups excluding carboxylic acids is 1. The summed E-state index contributed by atoms with van der Waals surface area (Å²) in [4.78, 5) is 14.8. The van der Waals surface area contributed by atoms with Crippen molar-refractivity contribution in [2.75, 3.05) is 6.54 Å². The van der Waals surface area contributed by atoms with Crippen LogP contribution in [-0.4, -0.2) is 27.1 Å². The van der Waals surface area contributed by atoms with Crippen LogP contribution in [0.1, 0.15) is 16.7 Å². The number of para-hydroxylation sites is 1. The van der Waals surface area contributed by atoms with Crippen molar-refractivity contribution in [3.05, 3.63) is 113 Å². The molecular formula is C27H22ClN3O. The maximum absolute atomic E-state index is 12.9. The van der Waals surface area contributed by atoms with Gasteiger partial charge in [0.2, 0.25) is 5.91 Å². The second-order valence-corrected chi connectivity index (χ2v) is 8.27. The quantitative estimate of drug-likeness (QED) is 0.377. The zero-order valence-electron chi connectivity index (χ0n) is 17.5. The maximum atomic E-state index is 12.9. The van der Waals surface area contributed by atoms with Crippen LogP contribution in [0.2, 0.25) is 5.02 Å². The summed E-state index contributed by atoms with van der Waals surface area (Å²) in [6.45, 7) is 1.38. The molecule has 32 heavy (non-hydrogen) atoms. The normalized spacial score (nSPS) is 13.3. The SMILES string of the molecule is O=C(/C=C/c1cn(-c2ccccc2)nc1-c1ccc(Cl)cc1)N1CCc2ccccc2C1. The van der Waals surface area contributed by atoms with Crippen LogP contribution in [0.5, 0.6) is 0 Å². The second kappa shape index (κ2) is 8.85. The van der Waals surface area contributed by atoms with Crippen LogP contribution in [0, 0.1) is 0 Å². The fourth-order valence-corrected chi connectivity index (χ4v) is 4.13. The number of aromatic nitrogens is 2. The summed E-state index contributed by atoms with van der Waals surface area (Å²) in [6, 6.07) is 25.8. The first kappa shape index (κ1) is 20.3. The fraction of sp³-hybridized carbons (Fsp3) is 0.111. The smallest absolute Gasteiger partial charge is 0.246 e. The molecule has 1 aliphatic heterocycles. The van der Waals surface area contributed by atoms with Crippen LogP contribution in [0.4, 0.5) is 0 Å². The lowest BCUT2D eigenvalue weighted by molar-refractivity contribution is -0.126. The number of hydrogen-bond acceptors (Lipinski definition) is 2. The average molecular weight is 440 g/mol. The van der Waals surface area contributed by atoms with E-state index in [4.69, 9.17) is 16.7 Å². The number of fused-ring (bicyclic) bond motifs is 1. The number of hydrogen-bond donors (Lipinski definition) is 0. The summed E-state index contributed by atoms with van der Waals surface area (Å²) in [5, 5.41) is 5.47. The molecule has 5 rings (SSSR count). The van der Waals surface area contributed by atoms with Crippen molar-refractivity contribution in [1.29, 1.82) is 0 Å². The molecule has 1 aromatic heterocycles. The Hall–Kier alpha value is -3.63. The number of rotatable bonds is 4. The van der Waals surface area contributed by atoms with E-state index in [9.17, 15) is 4.79 Å². The van der Waals surface area contributed by atoms with E-state index in [-0.39, 0.29) is 5.91 Å². The molecule has 3 aromatic carbocycles. The lowest BCUT2D eigenvalue weighted by Crippen LogP contribution is -2.34. The van der Waals surface area contributed by atoms with Gasteiger partial charge in [-0.25, -0.2) is 4.68 Å². The van der Waals surface area contributed by atoms with Crippen molar-refractivity contribution in [2.45, 2.75) is 13.0 Å². The predicted octanol–water partition coefficient (Wildman–Crippen LogP) is 5.79. The highest BCUT2D eigenvalue weighted by molar-refractivity contribution is 6.30. The van der Waals surface area contributed by atoms with E-state index in [1.54, 1.807) is 6.08 Å². The third-order valence-corrected chi connectivity index (χ3v) is 5.98. The molecule has 1 aliphatic rings. The van der Waals surface area contributed by atoms with Crippen molar-refractivity contribution in [3.63, 3.8) is 0 Å². The van der Waals surface area contributed by atoms with E-state index in [0.717, 1.165) is 35.5 Å². The van der Waals surface area contributed by atoms with Gasteiger partial charge in [-0.15, -0.1) is 0 Å². The Bertz CT molecular complexity index is 1280. The zero-order chi connectivity index (χ0) is 21.9. The minimum atomic E-state index is 0.00835. The molecule has 4 nitrogen and oxygen atoms in total. The van der Waals surface area contributed by atoms with E-state index in [0.29, 0.717) is 11.6 Å². The van der Waals surface area contributed by atoms with Crippen LogP contribution < -0.4 is 0 Å². The molecule has 158 valence electrons. The lowest BCUT2D eigenvalue weighted by Gasteiger charge is -2.27. The summed E-state index contributed by atoms with van der Waals surface area (Å²) in [5.41, 5.74) is 6.14. The average Bonchev–Trinajstić information content (AvgIpc) is 3.27. The van der Waals surface area contributed by atoms with Crippen LogP contribution in [0.25, 0.3) is 23.0 Å². The summed E-state index contributed by atoms with van der Waals surface area (Å²) >= 11 is 6.07. The summed E-state index contributed by atoms with van der Waals surface area (Å²) < 4.78 is 1.84. The number of nitrogens with zero attached hydrogens (tertiary/aromatic N) is 3. The van der Waals surface area contributed by atoms with Crippen molar-refractivity contribution >= 4 is 23.6 Å². The predicted molar refractivity (Wildman–Crippen MR) is 129 cm³/mol. The minimum Gasteiger partial charge on any atom is -0.334 e. The number of benzene rings is 3. The Kier molecular flexibility index (Phi) is 5.61. The van der Waals surface area contributed by atoms with Crippen molar-refractivity contribution < 1.29 is 4.79 Å². The fourth-order valence-electron chi connectivity index (χ4n) is 4.00. The Morgan fingerprint density at radius 1 is 0.906 bits per heavy atom. The van der Waals surface area contributed by atoms with Gasteiger partial charge in [-0.05, 0) is 47.9 Å². The number of halogens is 1. The first-order valence-corrected chi connectivity index (χ1v) is 11.0. The van der Waals surface area contributed by atoms with Crippen molar-refractivity contribution in [1.82, 2.24) is 14.7 Å². The topological polar surface area (TPSA) is 38.1 Å². The lowest BCUT2D eigenvalue weighted by atomic mass is 10.00. The molecule has 0 bridgehead atoms. The second-order valence-electron chi connectivity index (χ2n) is 7.83. The van der Waals surface area contributed by atoms with Crippen LogP contribution in [0.15, 0.2) is 91.1 Å². The van der Waals surface area contributed by atoms with Gasteiger partial charge in [-0.3, -0.25) is 4.79 Å². The Morgan fingerprint density at radius 3 is 2.41 bits per heavy atom. The van der Waals surface area contributed by atoms with Gasteiger partial charge >= 0.3 is 0 Å². The van der Waals surface area contributed by atoms with Gasteiger partial charge in [0.25, 0.3) is 0 Å². The molecule has 0 atom stereocenters. The van der Waals surface area contributed by atoms with E-state index < -0.39 is 0 Å². The van der Waals surface area contributed by atoms with E-state index >= 15 is 0 Å². The van der Waals surface area contributed by atoms with Crippen LogP contribution in [-0.2, 0) is 17.8 Å².